The van der Waals surface area contributed by atoms with E-state index in [1.165, 1.54) is 37.2 Å². The number of hydrogen-bond acceptors (Lipinski definition) is 5. The second kappa shape index (κ2) is 11.0. The number of hydrogen-bond donors (Lipinski definition) is 2. The SMILES string of the molecule is CN=C(NCCN1CCCCC1)NCC(c1cccs1)N1CCOC(C)C1. The van der Waals surface area contributed by atoms with E-state index in [0.29, 0.717) is 12.1 Å². The highest BCUT2D eigenvalue weighted by Crippen LogP contribution is 2.26. The van der Waals surface area contributed by atoms with Crippen molar-refractivity contribution in [3.8, 4) is 0 Å². The average molecular weight is 394 g/mol. The van der Waals surface area contributed by atoms with Crippen LogP contribution < -0.4 is 10.6 Å². The zero-order chi connectivity index (χ0) is 18.9. The molecule has 3 heterocycles. The molecule has 0 saturated carbocycles. The molecule has 6 nitrogen and oxygen atoms in total. The van der Waals surface area contributed by atoms with E-state index in [1.807, 2.05) is 18.4 Å². The summed E-state index contributed by atoms with van der Waals surface area (Å²) in [6, 6.07) is 4.74. The highest BCUT2D eigenvalue weighted by molar-refractivity contribution is 7.10. The summed E-state index contributed by atoms with van der Waals surface area (Å²) in [5.41, 5.74) is 0. The normalized spacial score (nSPS) is 23.9. The van der Waals surface area contributed by atoms with Crippen LogP contribution in [0.1, 0.15) is 37.1 Å². The predicted molar refractivity (Wildman–Crippen MR) is 114 cm³/mol. The van der Waals surface area contributed by atoms with Crippen LogP contribution in [-0.4, -0.2) is 81.3 Å². The molecule has 7 heteroatoms. The van der Waals surface area contributed by atoms with E-state index in [-0.39, 0.29) is 0 Å². The molecule has 2 aliphatic rings. The van der Waals surface area contributed by atoms with Gasteiger partial charge in [0.15, 0.2) is 5.96 Å². The molecule has 0 aromatic carbocycles. The Kier molecular flexibility index (Phi) is 8.38. The summed E-state index contributed by atoms with van der Waals surface area (Å²) in [5, 5.41) is 9.20. The largest absolute Gasteiger partial charge is 0.376 e. The minimum Gasteiger partial charge on any atom is -0.376 e. The number of nitrogens with zero attached hydrogens (tertiary/aromatic N) is 3. The number of guanidine groups is 1. The predicted octanol–water partition coefficient (Wildman–Crippen LogP) is 2.16. The fourth-order valence-electron chi connectivity index (χ4n) is 3.95. The minimum absolute atomic E-state index is 0.295. The molecule has 1 aromatic heterocycles. The Morgan fingerprint density at radius 2 is 2.15 bits per heavy atom. The topological polar surface area (TPSA) is 52.1 Å². The third-order valence-corrected chi connectivity index (χ3v) is 6.41. The van der Waals surface area contributed by atoms with Crippen LogP contribution in [-0.2, 0) is 4.74 Å². The van der Waals surface area contributed by atoms with E-state index in [0.717, 1.165) is 45.3 Å². The van der Waals surface area contributed by atoms with Crippen molar-refractivity contribution < 1.29 is 4.74 Å². The van der Waals surface area contributed by atoms with Crippen molar-refractivity contribution in [2.75, 3.05) is 59.5 Å². The third kappa shape index (κ3) is 6.45. The zero-order valence-corrected chi connectivity index (χ0v) is 17.6. The molecular formula is C20H35N5OS. The van der Waals surface area contributed by atoms with Crippen molar-refractivity contribution in [2.24, 2.45) is 4.99 Å². The first-order valence-corrected chi connectivity index (χ1v) is 11.2. The Labute approximate surface area is 168 Å². The van der Waals surface area contributed by atoms with E-state index < -0.39 is 0 Å². The van der Waals surface area contributed by atoms with Crippen molar-refractivity contribution in [3.63, 3.8) is 0 Å². The zero-order valence-electron chi connectivity index (χ0n) is 16.8. The van der Waals surface area contributed by atoms with Crippen LogP contribution >= 0.6 is 11.3 Å². The lowest BCUT2D eigenvalue weighted by atomic mass is 10.1. The number of morpholine rings is 1. The van der Waals surface area contributed by atoms with Crippen LogP contribution in [0.5, 0.6) is 0 Å². The molecule has 0 spiro atoms. The average Bonchev–Trinajstić information content (AvgIpc) is 3.22. The highest BCUT2D eigenvalue weighted by atomic mass is 32.1. The van der Waals surface area contributed by atoms with E-state index in [4.69, 9.17) is 4.74 Å². The molecule has 2 N–H and O–H groups in total. The van der Waals surface area contributed by atoms with Gasteiger partial charge in [0, 0.05) is 44.6 Å². The monoisotopic (exact) mass is 393 g/mol. The fourth-order valence-corrected chi connectivity index (χ4v) is 4.81. The molecule has 0 aliphatic carbocycles. The van der Waals surface area contributed by atoms with Crippen LogP contribution in [0.4, 0.5) is 0 Å². The van der Waals surface area contributed by atoms with Gasteiger partial charge in [-0.25, -0.2) is 0 Å². The number of likely N-dealkylation sites (tertiary alicyclic amines) is 1. The van der Waals surface area contributed by atoms with Gasteiger partial charge in [0.1, 0.15) is 0 Å². The summed E-state index contributed by atoms with van der Waals surface area (Å²) in [6.45, 7) is 10.3. The quantitative estimate of drug-likeness (QED) is 0.549. The Balaban J connectivity index is 1.49. The maximum Gasteiger partial charge on any atom is 0.191 e. The highest BCUT2D eigenvalue weighted by Gasteiger charge is 2.26. The molecule has 2 unspecified atom stereocenters. The van der Waals surface area contributed by atoms with Gasteiger partial charge in [-0.3, -0.25) is 9.89 Å². The van der Waals surface area contributed by atoms with Crippen molar-refractivity contribution in [3.05, 3.63) is 22.4 Å². The number of thiophene rings is 1. The maximum atomic E-state index is 5.73. The first kappa shape index (κ1) is 20.6. The van der Waals surface area contributed by atoms with Crippen LogP contribution in [0.15, 0.2) is 22.5 Å². The van der Waals surface area contributed by atoms with Crippen LogP contribution in [0, 0.1) is 0 Å². The van der Waals surface area contributed by atoms with E-state index in [1.54, 1.807) is 0 Å². The summed E-state index contributed by atoms with van der Waals surface area (Å²) >= 11 is 1.83. The molecule has 2 atom stereocenters. The summed E-state index contributed by atoms with van der Waals surface area (Å²) in [4.78, 5) is 10.9. The Bertz CT molecular complexity index is 559. The standard InChI is InChI=1S/C20H35N5OS/c1-17-16-25(12-13-26-17)18(19-7-6-14-27-19)15-23-20(21-2)22-8-11-24-9-4-3-5-10-24/h6-7,14,17-18H,3-5,8-13,15-16H2,1-2H3,(H2,21,22,23). The van der Waals surface area contributed by atoms with Gasteiger partial charge in [-0.15, -0.1) is 11.3 Å². The van der Waals surface area contributed by atoms with E-state index in [9.17, 15) is 0 Å². The van der Waals surface area contributed by atoms with Gasteiger partial charge in [0.2, 0.25) is 0 Å². The summed E-state index contributed by atoms with van der Waals surface area (Å²) in [5.74, 6) is 0.898. The van der Waals surface area contributed by atoms with Gasteiger partial charge < -0.3 is 20.3 Å². The molecule has 0 bridgehead atoms. The maximum absolute atomic E-state index is 5.73. The van der Waals surface area contributed by atoms with Crippen molar-refractivity contribution in [2.45, 2.75) is 38.3 Å². The number of rotatable bonds is 7. The van der Waals surface area contributed by atoms with Gasteiger partial charge in [0.25, 0.3) is 0 Å². The molecule has 3 rings (SSSR count). The second-order valence-electron chi connectivity index (χ2n) is 7.49. The molecule has 152 valence electrons. The Morgan fingerprint density at radius 3 is 2.85 bits per heavy atom. The number of aliphatic imine (C=N–C) groups is 1. The van der Waals surface area contributed by atoms with Gasteiger partial charge in [0.05, 0.1) is 18.8 Å². The summed E-state index contributed by atoms with van der Waals surface area (Å²) in [6.07, 6.45) is 4.36. The lowest BCUT2D eigenvalue weighted by Crippen LogP contribution is -2.48. The van der Waals surface area contributed by atoms with Gasteiger partial charge >= 0.3 is 0 Å². The summed E-state index contributed by atoms with van der Waals surface area (Å²) in [7, 11) is 1.85. The number of nitrogens with one attached hydrogen (secondary N) is 2. The minimum atomic E-state index is 0.295. The van der Waals surface area contributed by atoms with Gasteiger partial charge in [-0.1, -0.05) is 12.5 Å². The van der Waals surface area contributed by atoms with Crippen LogP contribution in [0.3, 0.4) is 0 Å². The van der Waals surface area contributed by atoms with Crippen LogP contribution in [0.25, 0.3) is 0 Å². The summed E-state index contributed by atoms with van der Waals surface area (Å²) < 4.78 is 5.73. The number of piperidine rings is 1. The first-order valence-electron chi connectivity index (χ1n) is 10.3. The lowest BCUT2D eigenvalue weighted by molar-refractivity contribution is -0.0334. The molecule has 2 saturated heterocycles. The fraction of sp³-hybridized carbons (Fsp3) is 0.750. The lowest BCUT2D eigenvalue weighted by Gasteiger charge is -2.37. The third-order valence-electron chi connectivity index (χ3n) is 5.44. The molecule has 1 aromatic rings. The molecule has 2 fully saturated rings. The van der Waals surface area contributed by atoms with Crippen molar-refractivity contribution >= 4 is 17.3 Å². The first-order chi connectivity index (χ1) is 13.3. The molecule has 0 radical (unpaired) electrons. The van der Waals surface area contributed by atoms with Crippen molar-refractivity contribution in [1.29, 1.82) is 0 Å². The van der Waals surface area contributed by atoms with Gasteiger partial charge in [-0.2, -0.15) is 0 Å². The molecule has 0 amide bonds. The molecular weight excluding hydrogens is 358 g/mol. The van der Waals surface area contributed by atoms with Crippen molar-refractivity contribution in [1.82, 2.24) is 20.4 Å². The Morgan fingerprint density at radius 1 is 1.30 bits per heavy atom. The van der Waals surface area contributed by atoms with Gasteiger partial charge in [-0.05, 0) is 44.3 Å². The second-order valence-corrected chi connectivity index (χ2v) is 8.47. The van der Waals surface area contributed by atoms with E-state index >= 15 is 0 Å². The van der Waals surface area contributed by atoms with E-state index in [2.05, 4.69) is 49.9 Å². The molecule has 27 heavy (non-hydrogen) atoms. The van der Waals surface area contributed by atoms with Crippen LogP contribution in [0.2, 0.25) is 0 Å². The molecule has 2 aliphatic heterocycles. The Hall–Kier alpha value is -1.15. The smallest absolute Gasteiger partial charge is 0.191 e. The number of ether oxygens (including phenoxy) is 1.